The number of hydrogen-bond acceptors (Lipinski definition) is 16. The summed E-state index contributed by atoms with van der Waals surface area (Å²) >= 11 is 10.7. The number of nitrogens with zero attached hydrogens (tertiary/aromatic N) is 4. The van der Waals surface area contributed by atoms with Crippen LogP contribution in [0.3, 0.4) is 0 Å². The number of halogens is 1. The molecule has 6 spiro atoms. The Morgan fingerprint density at radius 1 is 0.482 bits per heavy atom. The molecule has 3 aromatic carbocycles. The van der Waals surface area contributed by atoms with E-state index < -0.39 is 16.6 Å². The molecule has 3 atom stereocenters. The zero-order valence-electron chi connectivity index (χ0n) is 67.9. The van der Waals surface area contributed by atoms with E-state index in [1.807, 2.05) is 23.8 Å². The number of carbonyl (C=O) groups is 3. The van der Waals surface area contributed by atoms with Gasteiger partial charge in [-0.25, -0.2) is 9.98 Å². The van der Waals surface area contributed by atoms with E-state index in [0.29, 0.717) is 41.5 Å². The molecule has 5 saturated heterocycles. The van der Waals surface area contributed by atoms with Gasteiger partial charge in [0.25, 0.3) is 17.7 Å². The number of aryl methyl sites for hydroxylation is 3. The molecule has 112 heavy (non-hydrogen) atoms. The number of amidine groups is 1. The number of ether oxygens (including phenoxy) is 7. The highest BCUT2D eigenvalue weighted by Gasteiger charge is 2.70. The average Bonchev–Trinajstić information content (AvgIpc) is 1.53. The minimum Gasteiger partial charge on any atom is -0.381 e. The fourth-order valence-corrected chi connectivity index (χ4v) is 24.4. The number of fused-ring (bicyclic) bond motifs is 9. The number of hydrogen-bond donors (Lipinski definition) is 4. The van der Waals surface area contributed by atoms with Crippen LogP contribution in [0.1, 0.15) is 236 Å². The van der Waals surface area contributed by atoms with Crippen molar-refractivity contribution in [3.63, 3.8) is 0 Å². The molecule has 0 bridgehead atoms. The first-order valence-corrected chi connectivity index (χ1v) is 46.4. The van der Waals surface area contributed by atoms with Crippen molar-refractivity contribution in [1.29, 1.82) is 0 Å². The summed E-state index contributed by atoms with van der Waals surface area (Å²) in [6.07, 6.45) is 39.6. The number of guanidine groups is 1. The van der Waals surface area contributed by atoms with Gasteiger partial charge in [0.2, 0.25) is 0 Å². The van der Waals surface area contributed by atoms with Crippen LogP contribution in [0.25, 0.3) is 0 Å². The van der Waals surface area contributed by atoms with Crippen LogP contribution in [0.15, 0.2) is 64.6 Å². The molecule has 16 aliphatic rings. The van der Waals surface area contributed by atoms with Gasteiger partial charge in [-0.3, -0.25) is 24.2 Å². The first kappa shape index (κ1) is 82.7. The Morgan fingerprint density at radius 2 is 0.848 bits per heavy atom. The predicted octanol–water partition coefficient (Wildman–Crippen LogP) is 14.8. The topological polar surface area (TPSA) is 223 Å². The molecule has 0 aromatic heterocycles. The van der Waals surface area contributed by atoms with Crippen LogP contribution in [-0.4, -0.2) is 167 Å². The molecule has 3 unspecified atom stereocenters. The molecule has 19 rings (SSSR count). The number of amides is 3. The molecule has 614 valence electrons. The molecular formula is C91H131BrN8O10S2. The average molecular weight is 1640 g/mol. The fraction of sp³-hybridized carbons (Fsp3) is 0.736. The van der Waals surface area contributed by atoms with Gasteiger partial charge in [0, 0.05) is 115 Å². The summed E-state index contributed by atoms with van der Waals surface area (Å²) in [6.45, 7) is 8.22. The number of nitrogens with one attached hydrogen (secondary N) is 2. The van der Waals surface area contributed by atoms with Gasteiger partial charge in [0.1, 0.15) is 0 Å². The third-order valence-electron chi connectivity index (χ3n) is 29.8. The lowest BCUT2D eigenvalue weighted by Crippen LogP contribution is -2.56. The Balaban J connectivity index is 0.000000127. The molecule has 6 N–H and O–H groups in total. The van der Waals surface area contributed by atoms with Gasteiger partial charge in [-0.05, 0) is 297 Å². The Labute approximate surface area is 686 Å². The number of thioether (sulfide) groups is 1. The molecule has 3 aromatic rings. The van der Waals surface area contributed by atoms with Crippen LogP contribution in [0, 0.1) is 57.7 Å². The molecule has 7 aliphatic heterocycles. The number of benzene rings is 3. The Bertz CT molecular complexity index is 3820. The highest BCUT2D eigenvalue weighted by atomic mass is 79.9. The summed E-state index contributed by atoms with van der Waals surface area (Å²) < 4.78 is 39.2. The van der Waals surface area contributed by atoms with Crippen molar-refractivity contribution in [3.8, 4) is 0 Å². The van der Waals surface area contributed by atoms with Gasteiger partial charge in [0.05, 0.1) is 18.3 Å². The van der Waals surface area contributed by atoms with Crippen molar-refractivity contribution >= 4 is 73.9 Å². The largest absolute Gasteiger partial charge is 0.381 e. The molecule has 0 radical (unpaired) electrons. The van der Waals surface area contributed by atoms with Crippen molar-refractivity contribution in [2.45, 2.75) is 260 Å². The molecule has 18 nitrogen and oxygen atoms in total. The zero-order chi connectivity index (χ0) is 77.7. The number of thiocarbonyl (C=S) groups is 1. The van der Waals surface area contributed by atoms with Crippen LogP contribution >= 0.6 is 39.9 Å². The lowest BCUT2D eigenvalue weighted by molar-refractivity contribution is -0.139. The second-order valence-corrected chi connectivity index (χ2v) is 38.6. The monoisotopic (exact) mass is 1640 g/mol. The predicted molar refractivity (Wildman–Crippen MR) is 451 cm³/mol. The van der Waals surface area contributed by atoms with Crippen LogP contribution in [0.5, 0.6) is 0 Å². The zero-order valence-corrected chi connectivity index (χ0v) is 71.1. The van der Waals surface area contributed by atoms with Gasteiger partial charge in [-0.1, -0.05) is 121 Å². The van der Waals surface area contributed by atoms with Crippen LogP contribution in [0.2, 0.25) is 0 Å². The fourth-order valence-electron chi connectivity index (χ4n) is 22.3. The molecule has 3 amide bonds. The summed E-state index contributed by atoms with van der Waals surface area (Å²) in [6, 6.07) is 20.9. The normalized spacial score (nSPS) is 32.3. The Kier molecular flexibility index (Phi) is 26.9. The molecule has 6 saturated carbocycles. The maximum absolute atomic E-state index is 15.2. The summed E-state index contributed by atoms with van der Waals surface area (Å²) in [5.74, 6) is 6.98. The van der Waals surface area contributed by atoms with Crippen molar-refractivity contribution in [2.24, 2.45) is 79.1 Å². The second-order valence-electron chi connectivity index (χ2n) is 36.6. The minimum atomic E-state index is -0.869. The van der Waals surface area contributed by atoms with Crippen LogP contribution in [-0.2, 0) is 103 Å². The number of methoxy groups -OCH3 is 3. The first-order chi connectivity index (χ1) is 54.6. The van der Waals surface area contributed by atoms with E-state index in [1.54, 1.807) is 14.2 Å². The van der Waals surface area contributed by atoms with E-state index >= 15 is 4.79 Å². The molecule has 11 fully saturated rings. The molecule has 21 heteroatoms. The van der Waals surface area contributed by atoms with Crippen molar-refractivity contribution in [2.75, 3.05) is 105 Å². The Morgan fingerprint density at radius 3 is 1.24 bits per heavy atom. The van der Waals surface area contributed by atoms with Gasteiger partial charge in [-0.2, -0.15) is 0 Å². The highest BCUT2D eigenvalue weighted by Crippen LogP contribution is 2.65. The maximum Gasteiger partial charge on any atom is 0.262 e. The molecule has 7 heterocycles. The van der Waals surface area contributed by atoms with E-state index in [0.717, 1.165) is 259 Å². The van der Waals surface area contributed by atoms with Gasteiger partial charge < -0.3 is 55.3 Å². The van der Waals surface area contributed by atoms with Gasteiger partial charge in [0.15, 0.2) is 32.9 Å². The minimum absolute atomic E-state index is 0.0430. The van der Waals surface area contributed by atoms with Crippen LogP contribution in [0.4, 0.5) is 0 Å². The van der Waals surface area contributed by atoms with Crippen molar-refractivity contribution < 1.29 is 47.5 Å². The standard InChI is InChI=1S/C34H48N2O4S.C28H39N3O3.C22H28N2O2S.C6H11BrO.CH5N/c1-38-29-8-14-33(15-9-29)21-28-7-6-25(5-4-24-2-3-24)20-30(28)34(33)31(37)36(22-26-10-16-39-17-11-26)32(35-34)41-23-27-12-18-40-19-13-27;1-33-23-8-12-27(13-9-23)17-22-7-6-20(5-4-19-2-3-19)16-24(22)28(27)25(32)31(26(29)30-28)18-21-10-14-34-15-11-21;1-26-17-8-10-21(11-9-17)13-16-7-6-15(5-4-14-2-3-14)12-18(16)22(21)19(25)23-20(27)24-22;7-5-6-1-3-8-4-2-6;1-2/h6-7,20,24,26-27,29H,2-5,8-19,21-23H2,1H3;6-7,16,19,21,23H,2-5,8-15,17-18H2,1H3,(H2,29,30);6-7,12,14,17H,2-5,8-11,13H2,1H3,(H2,23,24,25,27);6H,1-5H2;2H2,1H3. The lowest BCUT2D eigenvalue weighted by Gasteiger charge is -2.46. The maximum atomic E-state index is 15.2. The number of alkyl halides is 1. The van der Waals surface area contributed by atoms with Crippen molar-refractivity contribution in [3.05, 3.63) is 105 Å². The quantitative estimate of drug-likeness (QED) is 0.0647. The first-order valence-electron chi connectivity index (χ1n) is 43.9. The summed E-state index contributed by atoms with van der Waals surface area (Å²) in [5.41, 5.74) is 19.8. The molecule has 9 aliphatic carbocycles. The Hall–Kier alpha value is -4.39. The van der Waals surface area contributed by atoms with Gasteiger partial charge in [-0.15, -0.1) is 0 Å². The molecular weight excluding hydrogens is 1510 g/mol. The highest BCUT2D eigenvalue weighted by molar-refractivity contribution is 9.09. The third-order valence-corrected chi connectivity index (χ3v) is 32.2. The smallest absolute Gasteiger partial charge is 0.262 e. The number of rotatable bonds is 19. The van der Waals surface area contributed by atoms with E-state index in [2.05, 4.69) is 91.8 Å². The summed E-state index contributed by atoms with van der Waals surface area (Å²) in [4.78, 5) is 57.7. The van der Waals surface area contributed by atoms with E-state index in [-0.39, 0.29) is 46.2 Å². The van der Waals surface area contributed by atoms with E-state index in [1.165, 1.54) is 122 Å². The van der Waals surface area contributed by atoms with Crippen LogP contribution < -0.4 is 22.1 Å². The SMILES string of the molecule is BrCC1CCOCC1.CN.COC1CCC2(CC1)Cc1ccc(CCC3CC3)cc1C21N=C(N)N(CC2CCOCC2)C1=O.COC1CCC2(CC1)Cc1ccc(CCC3CC3)cc1C21N=C(SCC2CCOCC2)N(CC2CCOCC2)C1=O.COC1CCC2(CC1)Cc1ccc(CCC3CC3)cc1C21NC(=S)NC1=O. The van der Waals surface area contributed by atoms with Gasteiger partial charge >= 0.3 is 0 Å². The summed E-state index contributed by atoms with van der Waals surface area (Å²) in [7, 11) is 6.94. The second kappa shape index (κ2) is 36.5. The summed E-state index contributed by atoms with van der Waals surface area (Å²) in [5, 5.41) is 8.99. The number of carbonyl (C=O) groups excluding carboxylic acids is 3. The van der Waals surface area contributed by atoms with E-state index in [4.69, 9.17) is 61.1 Å². The lowest BCUT2D eigenvalue weighted by atomic mass is 9.61. The third kappa shape index (κ3) is 17.0. The van der Waals surface area contributed by atoms with Crippen molar-refractivity contribution in [1.82, 2.24) is 20.4 Å². The van der Waals surface area contributed by atoms with E-state index in [9.17, 15) is 9.59 Å². The number of nitrogens with two attached hydrogens (primary N) is 2. The number of aliphatic imine (C=N–C) groups is 2.